The second-order valence-corrected chi connectivity index (χ2v) is 10.1. The molecule has 4 rings (SSSR count). The Kier molecular flexibility index (Phi) is 6.76. The molecule has 0 spiro atoms. The number of hydrogen-bond donors (Lipinski definition) is 0. The van der Waals surface area contributed by atoms with E-state index in [4.69, 9.17) is 14.2 Å². The van der Waals surface area contributed by atoms with E-state index in [-0.39, 0.29) is 12.3 Å². The molecule has 3 fully saturated rings. The fourth-order valence-electron chi connectivity index (χ4n) is 6.20. The Morgan fingerprint density at radius 2 is 1.81 bits per heavy atom. The highest BCUT2D eigenvalue weighted by molar-refractivity contribution is 5.87. The Balaban J connectivity index is 1.43. The first-order valence-electron chi connectivity index (χ1n) is 12.2. The molecule has 4 nitrogen and oxygen atoms in total. The van der Waals surface area contributed by atoms with Gasteiger partial charge in [0.15, 0.2) is 6.29 Å². The third-order valence-electron chi connectivity index (χ3n) is 7.68. The van der Waals surface area contributed by atoms with Crippen LogP contribution >= 0.6 is 0 Å². The zero-order valence-electron chi connectivity index (χ0n) is 19.4. The number of carbonyl (C=O) groups excluding carboxylic acids is 1. The van der Waals surface area contributed by atoms with Crippen LogP contribution in [0.4, 0.5) is 0 Å². The molecular weight excluding hydrogens is 388 g/mol. The van der Waals surface area contributed by atoms with Crippen molar-refractivity contribution in [3.05, 3.63) is 42.0 Å². The van der Waals surface area contributed by atoms with Gasteiger partial charge in [-0.05, 0) is 75.0 Å². The van der Waals surface area contributed by atoms with Gasteiger partial charge in [-0.3, -0.25) is 0 Å². The monoisotopic (exact) mass is 426 g/mol. The van der Waals surface area contributed by atoms with Crippen LogP contribution in [0.1, 0.15) is 84.1 Å². The minimum absolute atomic E-state index is 0.155. The van der Waals surface area contributed by atoms with Crippen LogP contribution in [-0.4, -0.2) is 18.4 Å². The van der Waals surface area contributed by atoms with Crippen LogP contribution in [0.2, 0.25) is 0 Å². The normalized spacial score (nSPS) is 31.8. The van der Waals surface area contributed by atoms with Gasteiger partial charge < -0.3 is 14.2 Å². The molecule has 0 amide bonds. The molecule has 1 aromatic carbocycles. The first-order chi connectivity index (χ1) is 14.9. The summed E-state index contributed by atoms with van der Waals surface area (Å²) in [6, 6.07) is 7.99. The van der Waals surface area contributed by atoms with Gasteiger partial charge in [-0.1, -0.05) is 51.3 Å². The Bertz CT molecular complexity index is 765. The zero-order valence-corrected chi connectivity index (χ0v) is 19.4. The average molecular weight is 427 g/mol. The Morgan fingerprint density at radius 3 is 2.48 bits per heavy atom. The molecule has 1 saturated heterocycles. The van der Waals surface area contributed by atoms with Crippen LogP contribution in [0.15, 0.2) is 36.4 Å². The first kappa shape index (κ1) is 22.4. The molecule has 170 valence electrons. The fraction of sp³-hybridized carbons (Fsp3) is 0.667. The van der Waals surface area contributed by atoms with Gasteiger partial charge in [0.05, 0.1) is 6.10 Å². The van der Waals surface area contributed by atoms with Crippen molar-refractivity contribution in [1.82, 2.24) is 0 Å². The zero-order chi connectivity index (χ0) is 22.0. The minimum Gasteiger partial charge on any atom is -0.465 e. The molecule has 6 atom stereocenters. The number of hydrogen-bond acceptors (Lipinski definition) is 4. The number of esters is 1. The number of rotatable bonds is 7. The highest BCUT2D eigenvalue weighted by Gasteiger charge is 2.46. The van der Waals surface area contributed by atoms with E-state index in [0.717, 1.165) is 48.3 Å². The van der Waals surface area contributed by atoms with Crippen molar-refractivity contribution in [2.24, 2.45) is 17.8 Å². The van der Waals surface area contributed by atoms with Crippen molar-refractivity contribution < 1.29 is 19.0 Å². The summed E-state index contributed by atoms with van der Waals surface area (Å²) in [6.07, 6.45) is 10.8. The molecule has 0 bridgehead atoms. The van der Waals surface area contributed by atoms with E-state index in [0.29, 0.717) is 11.7 Å². The summed E-state index contributed by atoms with van der Waals surface area (Å²) in [5.74, 6) is 2.84. The lowest BCUT2D eigenvalue weighted by molar-refractivity contribution is -0.214. The Labute approximate surface area is 187 Å². The van der Waals surface area contributed by atoms with E-state index in [1.807, 2.05) is 31.2 Å². The SMILES string of the molecule is C=C(C)C(=O)OC(C)(CCC)c1ccc(OC2CC3CCCC4CCCC(O2)C43)cc1. The van der Waals surface area contributed by atoms with Crippen molar-refractivity contribution in [1.29, 1.82) is 0 Å². The molecule has 0 radical (unpaired) electrons. The van der Waals surface area contributed by atoms with E-state index in [1.54, 1.807) is 6.92 Å². The summed E-state index contributed by atoms with van der Waals surface area (Å²) in [4.78, 5) is 12.2. The lowest BCUT2D eigenvalue weighted by Gasteiger charge is -2.50. The van der Waals surface area contributed by atoms with Crippen molar-refractivity contribution >= 4 is 5.97 Å². The molecule has 4 heteroatoms. The van der Waals surface area contributed by atoms with Crippen LogP contribution in [0, 0.1) is 17.8 Å². The van der Waals surface area contributed by atoms with Crippen LogP contribution in [0.3, 0.4) is 0 Å². The van der Waals surface area contributed by atoms with Crippen LogP contribution in [0.25, 0.3) is 0 Å². The number of carbonyl (C=O) groups is 1. The van der Waals surface area contributed by atoms with E-state index in [2.05, 4.69) is 13.5 Å². The van der Waals surface area contributed by atoms with Crippen LogP contribution < -0.4 is 4.74 Å². The molecule has 1 aromatic rings. The minimum atomic E-state index is -0.670. The van der Waals surface area contributed by atoms with Gasteiger partial charge in [0.2, 0.25) is 0 Å². The second kappa shape index (κ2) is 9.36. The standard InChI is InChI=1S/C27H38O4/c1-5-16-27(4,31-26(28)18(2)3)21-12-14-22(15-13-21)29-24-17-20-10-6-8-19-9-7-11-23(30-24)25(19)20/h12-15,19-20,23-25H,2,5-11,16-17H2,1,3-4H3. The topological polar surface area (TPSA) is 44.8 Å². The summed E-state index contributed by atoms with van der Waals surface area (Å²) in [7, 11) is 0. The molecule has 1 heterocycles. The van der Waals surface area contributed by atoms with E-state index in [1.165, 1.54) is 38.5 Å². The molecule has 3 aliphatic rings. The van der Waals surface area contributed by atoms with E-state index < -0.39 is 5.60 Å². The number of benzene rings is 1. The molecule has 0 aromatic heterocycles. The van der Waals surface area contributed by atoms with Gasteiger partial charge in [-0.2, -0.15) is 0 Å². The first-order valence-corrected chi connectivity index (χ1v) is 12.2. The Morgan fingerprint density at radius 1 is 1.13 bits per heavy atom. The molecule has 2 aliphatic carbocycles. The largest absolute Gasteiger partial charge is 0.465 e. The number of ether oxygens (including phenoxy) is 3. The predicted octanol–water partition coefficient (Wildman–Crippen LogP) is 6.53. The summed E-state index contributed by atoms with van der Waals surface area (Å²) in [5, 5.41) is 0. The molecule has 6 unspecified atom stereocenters. The average Bonchev–Trinajstić information content (AvgIpc) is 2.74. The summed E-state index contributed by atoms with van der Waals surface area (Å²) in [6.45, 7) is 9.46. The van der Waals surface area contributed by atoms with Crippen molar-refractivity contribution in [3.8, 4) is 5.75 Å². The summed E-state index contributed by atoms with van der Waals surface area (Å²) in [5.41, 5.74) is 0.725. The maximum Gasteiger partial charge on any atom is 0.333 e. The second-order valence-electron chi connectivity index (χ2n) is 10.1. The van der Waals surface area contributed by atoms with Crippen LogP contribution in [-0.2, 0) is 19.9 Å². The maximum atomic E-state index is 12.2. The highest BCUT2D eigenvalue weighted by atomic mass is 16.7. The molecule has 0 N–H and O–H groups in total. The van der Waals surface area contributed by atoms with E-state index in [9.17, 15) is 4.79 Å². The maximum absolute atomic E-state index is 12.2. The molecule has 1 aliphatic heterocycles. The van der Waals surface area contributed by atoms with Gasteiger partial charge in [0.25, 0.3) is 0 Å². The Hall–Kier alpha value is -1.81. The van der Waals surface area contributed by atoms with Gasteiger partial charge in [-0.15, -0.1) is 0 Å². The highest BCUT2D eigenvalue weighted by Crippen LogP contribution is 2.49. The van der Waals surface area contributed by atoms with Gasteiger partial charge in [0.1, 0.15) is 11.4 Å². The molecular formula is C27H38O4. The lowest BCUT2D eigenvalue weighted by atomic mass is 9.62. The summed E-state index contributed by atoms with van der Waals surface area (Å²) >= 11 is 0. The molecule has 31 heavy (non-hydrogen) atoms. The van der Waals surface area contributed by atoms with Gasteiger partial charge >= 0.3 is 5.97 Å². The van der Waals surface area contributed by atoms with Gasteiger partial charge in [0, 0.05) is 12.0 Å². The van der Waals surface area contributed by atoms with Crippen molar-refractivity contribution in [3.63, 3.8) is 0 Å². The van der Waals surface area contributed by atoms with Crippen LogP contribution in [0.5, 0.6) is 5.75 Å². The third kappa shape index (κ3) is 4.84. The molecule has 2 saturated carbocycles. The van der Waals surface area contributed by atoms with Crippen molar-refractivity contribution in [2.75, 3.05) is 0 Å². The van der Waals surface area contributed by atoms with Crippen molar-refractivity contribution in [2.45, 2.75) is 96.6 Å². The quantitative estimate of drug-likeness (QED) is 0.367. The third-order valence-corrected chi connectivity index (χ3v) is 7.68. The summed E-state index contributed by atoms with van der Waals surface area (Å²) < 4.78 is 18.6. The predicted molar refractivity (Wildman–Crippen MR) is 122 cm³/mol. The lowest BCUT2D eigenvalue weighted by Crippen LogP contribution is -2.49. The fourth-order valence-corrected chi connectivity index (χ4v) is 6.20. The van der Waals surface area contributed by atoms with Gasteiger partial charge in [-0.25, -0.2) is 4.79 Å². The van der Waals surface area contributed by atoms with E-state index >= 15 is 0 Å². The smallest absolute Gasteiger partial charge is 0.333 e.